The number of rotatable bonds is 11. The first-order valence-corrected chi connectivity index (χ1v) is 9.84. The maximum absolute atomic E-state index is 11.5. The van der Waals surface area contributed by atoms with Gasteiger partial charge in [-0.2, -0.15) is 5.26 Å². The number of aliphatic hydroxyl groups excluding tert-OH is 1. The molecule has 2 aromatic heterocycles. The third kappa shape index (κ3) is 5.96. The van der Waals surface area contributed by atoms with Gasteiger partial charge in [-0.25, -0.2) is 15.0 Å². The van der Waals surface area contributed by atoms with Crippen molar-refractivity contribution in [3.8, 4) is 17.3 Å². The van der Waals surface area contributed by atoms with Crippen LogP contribution in [0.1, 0.15) is 5.56 Å². The van der Waals surface area contributed by atoms with Crippen LogP contribution in [0.2, 0.25) is 0 Å². The second-order valence-electron chi connectivity index (χ2n) is 6.65. The minimum Gasteiger partial charge on any atom is -0.395 e. The number of benzene rings is 1. The van der Waals surface area contributed by atoms with Gasteiger partial charge in [-0.15, -0.1) is 0 Å². The molecule has 0 saturated heterocycles. The third-order valence-corrected chi connectivity index (χ3v) is 4.51. The Bertz CT molecular complexity index is 1150. The lowest BCUT2D eigenvalue weighted by molar-refractivity contribution is -0.385. The van der Waals surface area contributed by atoms with E-state index >= 15 is 0 Å². The molecule has 0 aliphatic rings. The van der Waals surface area contributed by atoms with Crippen molar-refractivity contribution in [3.05, 3.63) is 64.5 Å². The van der Waals surface area contributed by atoms with Gasteiger partial charge in [0.2, 0.25) is 12.4 Å². The number of amides is 1. The van der Waals surface area contributed by atoms with Gasteiger partial charge < -0.3 is 20.6 Å². The highest BCUT2D eigenvalue weighted by atomic mass is 16.6. The van der Waals surface area contributed by atoms with E-state index in [2.05, 4.69) is 31.7 Å². The average molecular weight is 448 g/mol. The van der Waals surface area contributed by atoms with Crippen LogP contribution >= 0.6 is 0 Å². The first-order valence-electron chi connectivity index (χ1n) is 9.84. The molecule has 12 heteroatoms. The van der Waals surface area contributed by atoms with Crippen molar-refractivity contribution in [3.63, 3.8) is 0 Å². The highest BCUT2D eigenvalue weighted by molar-refractivity contribution is 5.85. The van der Waals surface area contributed by atoms with Gasteiger partial charge in [-0.3, -0.25) is 14.9 Å². The summed E-state index contributed by atoms with van der Waals surface area (Å²) in [7, 11) is 0. The van der Waals surface area contributed by atoms with E-state index in [1.165, 1.54) is 29.4 Å². The largest absolute Gasteiger partial charge is 0.395 e. The summed E-state index contributed by atoms with van der Waals surface area (Å²) >= 11 is 0. The number of nitrogens with zero attached hydrogens (tertiary/aromatic N) is 6. The molecule has 168 valence electrons. The fourth-order valence-corrected chi connectivity index (χ4v) is 2.89. The number of pyridine rings is 1. The Morgan fingerprint density at radius 2 is 1.88 bits per heavy atom. The highest BCUT2D eigenvalue weighted by Crippen LogP contribution is 2.29. The number of hydrogen-bond acceptors (Lipinski definition) is 10. The van der Waals surface area contributed by atoms with Crippen LogP contribution in [0.25, 0.3) is 11.3 Å². The molecule has 1 amide bonds. The number of nitriles is 1. The molecule has 12 nitrogen and oxygen atoms in total. The topological polar surface area (TPSA) is 170 Å². The number of nitrogens with one attached hydrogen (secondary N) is 2. The van der Waals surface area contributed by atoms with E-state index in [0.717, 1.165) is 0 Å². The number of carbonyl (C=O) groups is 1. The average Bonchev–Trinajstić information content (AvgIpc) is 2.85. The molecule has 2 heterocycles. The van der Waals surface area contributed by atoms with Crippen molar-refractivity contribution in [2.75, 3.05) is 41.8 Å². The molecule has 0 atom stereocenters. The molecule has 3 N–H and O–H groups in total. The Morgan fingerprint density at radius 1 is 1.12 bits per heavy atom. The lowest BCUT2D eigenvalue weighted by Crippen LogP contribution is -2.26. The second kappa shape index (κ2) is 11.1. The smallest absolute Gasteiger partial charge is 0.287 e. The van der Waals surface area contributed by atoms with E-state index < -0.39 is 4.92 Å². The summed E-state index contributed by atoms with van der Waals surface area (Å²) in [5.41, 5.74) is 1.95. The zero-order chi connectivity index (χ0) is 23.6. The molecule has 0 aliphatic carbocycles. The van der Waals surface area contributed by atoms with Crippen molar-refractivity contribution in [2.45, 2.75) is 0 Å². The lowest BCUT2D eigenvalue weighted by Gasteiger charge is -2.19. The summed E-state index contributed by atoms with van der Waals surface area (Å²) in [4.78, 5) is 35.7. The fraction of sp³-hybridized carbons (Fsp3) is 0.190. The third-order valence-electron chi connectivity index (χ3n) is 4.51. The monoisotopic (exact) mass is 448 g/mol. The van der Waals surface area contributed by atoms with Gasteiger partial charge in [0.15, 0.2) is 0 Å². The van der Waals surface area contributed by atoms with Gasteiger partial charge in [0.05, 0.1) is 40.7 Å². The summed E-state index contributed by atoms with van der Waals surface area (Å²) in [5, 5.41) is 35.1. The predicted molar refractivity (Wildman–Crippen MR) is 121 cm³/mol. The number of carbonyl (C=O) groups excluding carboxylic acids is 1. The maximum atomic E-state index is 11.5. The number of nitro groups is 1. The van der Waals surface area contributed by atoms with Gasteiger partial charge in [0.1, 0.15) is 12.0 Å². The number of hydrogen-bond donors (Lipinski definition) is 3. The zero-order valence-electron chi connectivity index (χ0n) is 17.4. The van der Waals surface area contributed by atoms with Crippen LogP contribution in [0.4, 0.5) is 23.1 Å². The van der Waals surface area contributed by atoms with E-state index in [-0.39, 0.29) is 18.8 Å². The molecule has 0 saturated carbocycles. The Kier molecular flexibility index (Phi) is 7.76. The van der Waals surface area contributed by atoms with Gasteiger partial charge in [-0.05, 0) is 18.2 Å². The standard InChI is InChI=1S/C21H20N8O4/c22-11-15-1-3-16(4-2-15)20-18(28(14-31)9-10-30)13-26-21(27-20)24-8-7-23-19-6-5-17(12-25-19)29(32)33/h1-6,12-14,30H,7-10H2,(H,23,25)(H,24,26,27). The van der Waals surface area contributed by atoms with Crippen LogP contribution in [0.3, 0.4) is 0 Å². The summed E-state index contributed by atoms with van der Waals surface area (Å²) < 4.78 is 0. The Labute approximate surface area is 188 Å². The first-order chi connectivity index (χ1) is 16.0. The molecule has 3 aromatic rings. The Balaban J connectivity index is 1.73. The quantitative estimate of drug-likeness (QED) is 0.170. The van der Waals surface area contributed by atoms with Gasteiger partial charge in [-0.1, -0.05) is 12.1 Å². The molecule has 0 fully saturated rings. The van der Waals surface area contributed by atoms with Crippen molar-refractivity contribution >= 4 is 29.6 Å². The molecular formula is C21H20N8O4. The zero-order valence-corrected chi connectivity index (χ0v) is 17.4. The van der Waals surface area contributed by atoms with Crippen LogP contribution < -0.4 is 15.5 Å². The Morgan fingerprint density at radius 3 is 2.48 bits per heavy atom. The van der Waals surface area contributed by atoms with Gasteiger partial charge in [0.25, 0.3) is 5.69 Å². The van der Waals surface area contributed by atoms with E-state index in [4.69, 9.17) is 5.26 Å². The van der Waals surface area contributed by atoms with E-state index in [1.54, 1.807) is 24.3 Å². The molecule has 0 bridgehead atoms. The second-order valence-corrected chi connectivity index (χ2v) is 6.65. The summed E-state index contributed by atoms with van der Waals surface area (Å²) in [6, 6.07) is 11.7. The predicted octanol–water partition coefficient (Wildman–Crippen LogP) is 1.80. The normalized spacial score (nSPS) is 10.2. The van der Waals surface area contributed by atoms with Crippen molar-refractivity contribution in [2.24, 2.45) is 0 Å². The molecule has 33 heavy (non-hydrogen) atoms. The SMILES string of the molecule is N#Cc1ccc(-c2nc(NCCNc3ccc([N+](=O)[O-])cn3)ncc2N(C=O)CCO)cc1. The number of aliphatic hydroxyl groups is 1. The minimum atomic E-state index is -0.517. The molecule has 0 aliphatic heterocycles. The molecule has 0 spiro atoms. The number of anilines is 3. The Hall–Kier alpha value is -4.63. The minimum absolute atomic E-state index is 0.0784. The fourth-order valence-electron chi connectivity index (χ4n) is 2.89. The van der Waals surface area contributed by atoms with Crippen LogP contribution in [-0.4, -0.2) is 57.6 Å². The maximum Gasteiger partial charge on any atom is 0.287 e. The van der Waals surface area contributed by atoms with Gasteiger partial charge in [0, 0.05) is 31.3 Å². The van der Waals surface area contributed by atoms with Crippen molar-refractivity contribution in [1.29, 1.82) is 5.26 Å². The van der Waals surface area contributed by atoms with Crippen LogP contribution in [0.5, 0.6) is 0 Å². The van der Waals surface area contributed by atoms with Gasteiger partial charge >= 0.3 is 0 Å². The van der Waals surface area contributed by atoms with Crippen LogP contribution in [0.15, 0.2) is 48.8 Å². The van der Waals surface area contributed by atoms with Crippen molar-refractivity contribution < 1.29 is 14.8 Å². The summed E-state index contributed by atoms with van der Waals surface area (Å²) in [6.45, 7) is 0.703. The summed E-state index contributed by atoms with van der Waals surface area (Å²) in [5.74, 6) is 0.800. The van der Waals surface area contributed by atoms with E-state index in [0.29, 0.717) is 53.8 Å². The van der Waals surface area contributed by atoms with Crippen molar-refractivity contribution in [1.82, 2.24) is 15.0 Å². The van der Waals surface area contributed by atoms with Crippen LogP contribution in [-0.2, 0) is 4.79 Å². The molecule has 3 rings (SSSR count). The number of aromatic nitrogens is 3. The van der Waals surface area contributed by atoms with E-state index in [9.17, 15) is 20.0 Å². The summed E-state index contributed by atoms with van der Waals surface area (Å²) in [6.07, 6.45) is 3.25. The molecule has 0 unspecified atom stereocenters. The van der Waals surface area contributed by atoms with E-state index in [1.807, 2.05) is 0 Å². The highest BCUT2D eigenvalue weighted by Gasteiger charge is 2.15. The molecule has 1 aromatic carbocycles. The van der Waals surface area contributed by atoms with Crippen LogP contribution in [0, 0.1) is 21.4 Å². The lowest BCUT2D eigenvalue weighted by atomic mass is 10.1. The first kappa shape index (κ1) is 23.0. The molecule has 0 radical (unpaired) electrons. The molecular weight excluding hydrogens is 428 g/mol.